The van der Waals surface area contributed by atoms with E-state index >= 15 is 0 Å². The minimum absolute atomic E-state index is 0.00799. The molecule has 5 nitrogen and oxygen atoms in total. The Morgan fingerprint density at radius 1 is 0.969 bits per heavy atom. The van der Waals surface area contributed by atoms with Gasteiger partial charge in [-0.15, -0.1) is 0 Å². The fourth-order valence-electron chi connectivity index (χ4n) is 3.11. The van der Waals surface area contributed by atoms with Crippen molar-refractivity contribution < 1.29 is 14.3 Å². The summed E-state index contributed by atoms with van der Waals surface area (Å²) in [5.74, 6) is -0.358. The maximum absolute atomic E-state index is 13.1. The second-order valence-corrected chi connectivity index (χ2v) is 9.06. The van der Waals surface area contributed by atoms with Crippen molar-refractivity contribution in [3.63, 3.8) is 0 Å². The van der Waals surface area contributed by atoms with E-state index < -0.39 is 11.8 Å². The van der Waals surface area contributed by atoms with Crippen LogP contribution < -0.4 is 15.0 Å². The highest BCUT2D eigenvalue weighted by atomic mass is 79.9. The van der Waals surface area contributed by atoms with Crippen molar-refractivity contribution in [2.45, 2.75) is 6.61 Å². The van der Waals surface area contributed by atoms with Gasteiger partial charge in [0.1, 0.15) is 17.9 Å². The molecule has 4 rings (SSSR count). The van der Waals surface area contributed by atoms with Crippen LogP contribution in [0.5, 0.6) is 5.75 Å². The quantitative estimate of drug-likeness (QED) is 0.245. The fourth-order valence-corrected chi connectivity index (χ4v) is 4.16. The number of nitrogens with one attached hydrogen (secondary N) is 1. The van der Waals surface area contributed by atoms with E-state index in [2.05, 4.69) is 37.2 Å². The van der Waals surface area contributed by atoms with E-state index in [4.69, 9.17) is 17.0 Å². The number of hydrogen-bond acceptors (Lipinski definition) is 4. The monoisotopic (exact) mass is 570 g/mol. The molecular formula is C24H16Br2N2O3S. The molecule has 0 unspecified atom stereocenters. The van der Waals surface area contributed by atoms with Crippen molar-refractivity contribution in [2.75, 3.05) is 4.90 Å². The highest BCUT2D eigenvalue weighted by Gasteiger charge is 2.34. The summed E-state index contributed by atoms with van der Waals surface area (Å²) >= 11 is 12.1. The largest absolute Gasteiger partial charge is 0.488 e. The van der Waals surface area contributed by atoms with Gasteiger partial charge in [-0.3, -0.25) is 19.8 Å². The van der Waals surface area contributed by atoms with Crippen molar-refractivity contribution in [2.24, 2.45) is 0 Å². The number of thiocarbonyl (C=S) groups is 1. The van der Waals surface area contributed by atoms with Crippen molar-refractivity contribution in [1.82, 2.24) is 5.32 Å². The zero-order chi connectivity index (χ0) is 22.7. The van der Waals surface area contributed by atoms with Crippen LogP contribution in [0.25, 0.3) is 6.08 Å². The third-order valence-corrected chi connectivity index (χ3v) is 6.12. The molecule has 0 saturated carbocycles. The van der Waals surface area contributed by atoms with Gasteiger partial charge < -0.3 is 4.74 Å². The Bertz CT molecular complexity index is 1230. The van der Waals surface area contributed by atoms with E-state index in [1.165, 1.54) is 11.0 Å². The summed E-state index contributed by atoms with van der Waals surface area (Å²) in [4.78, 5) is 26.9. The van der Waals surface area contributed by atoms with E-state index in [0.29, 0.717) is 28.1 Å². The number of anilines is 1. The molecule has 3 aromatic rings. The van der Waals surface area contributed by atoms with Crippen LogP contribution >= 0.6 is 44.1 Å². The van der Waals surface area contributed by atoms with Crippen molar-refractivity contribution in [3.8, 4) is 5.75 Å². The minimum Gasteiger partial charge on any atom is -0.488 e. The van der Waals surface area contributed by atoms with Crippen LogP contribution in [0, 0.1) is 0 Å². The van der Waals surface area contributed by atoms with Crippen LogP contribution in [-0.2, 0) is 16.2 Å². The predicted molar refractivity (Wildman–Crippen MR) is 135 cm³/mol. The molecule has 2 amide bonds. The lowest BCUT2D eigenvalue weighted by atomic mass is 10.1. The second-order valence-electron chi connectivity index (χ2n) is 6.90. The van der Waals surface area contributed by atoms with E-state index in [0.717, 1.165) is 10.0 Å². The van der Waals surface area contributed by atoms with Crippen LogP contribution in [0.3, 0.4) is 0 Å². The molecule has 0 bridgehead atoms. The Morgan fingerprint density at radius 3 is 2.38 bits per heavy atom. The lowest BCUT2D eigenvalue weighted by Gasteiger charge is -2.29. The topological polar surface area (TPSA) is 58.6 Å². The molecule has 1 heterocycles. The zero-order valence-electron chi connectivity index (χ0n) is 16.5. The average Bonchev–Trinajstić information content (AvgIpc) is 2.78. The summed E-state index contributed by atoms with van der Waals surface area (Å²) in [5, 5.41) is 2.64. The fraction of sp³-hybridized carbons (Fsp3) is 0.0417. The highest BCUT2D eigenvalue weighted by molar-refractivity contribution is 9.10. The van der Waals surface area contributed by atoms with E-state index in [9.17, 15) is 9.59 Å². The Morgan fingerprint density at radius 2 is 1.69 bits per heavy atom. The van der Waals surface area contributed by atoms with Gasteiger partial charge in [0, 0.05) is 4.47 Å². The van der Waals surface area contributed by atoms with Crippen molar-refractivity contribution >= 4 is 72.8 Å². The smallest absolute Gasteiger partial charge is 0.270 e. The maximum atomic E-state index is 13.1. The first-order valence-electron chi connectivity index (χ1n) is 9.55. The Labute approximate surface area is 207 Å². The first-order valence-corrected chi connectivity index (χ1v) is 11.5. The molecule has 0 aromatic heterocycles. The summed E-state index contributed by atoms with van der Waals surface area (Å²) in [7, 11) is 0. The van der Waals surface area contributed by atoms with Gasteiger partial charge >= 0.3 is 0 Å². The van der Waals surface area contributed by atoms with Gasteiger partial charge in [0.25, 0.3) is 11.8 Å². The number of rotatable bonds is 5. The predicted octanol–water partition coefficient (Wildman–Crippen LogP) is 5.62. The Balaban J connectivity index is 1.57. The first kappa shape index (κ1) is 22.4. The maximum Gasteiger partial charge on any atom is 0.270 e. The molecule has 0 radical (unpaired) electrons. The molecular weight excluding hydrogens is 556 g/mol. The molecule has 1 saturated heterocycles. The molecule has 32 heavy (non-hydrogen) atoms. The summed E-state index contributed by atoms with van der Waals surface area (Å²) in [5.41, 5.74) is 2.29. The van der Waals surface area contributed by atoms with Crippen LogP contribution in [0.1, 0.15) is 11.1 Å². The van der Waals surface area contributed by atoms with E-state index in [1.54, 1.807) is 42.5 Å². The van der Waals surface area contributed by atoms with Crippen molar-refractivity contribution in [3.05, 3.63) is 98.4 Å². The number of carbonyl (C=O) groups is 2. The molecule has 8 heteroatoms. The second kappa shape index (κ2) is 9.77. The molecule has 1 aliphatic heterocycles. The highest BCUT2D eigenvalue weighted by Crippen LogP contribution is 2.29. The van der Waals surface area contributed by atoms with Gasteiger partial charge in [-0.25, -0.2) is 0 Å². The number of benzene rings is 3. The molecule has 0 atom stereocenters. The molecule has 1 fully saturated rings. The number of carbonyl (C=O) groups excluding carboxylic acids is 2. The Kier molecular flexibility index (Phi) is 6.83. The van der Waals surface area contributed by atoms with E-state index in [1.807, 2.05) is 30.3 Å². The summed E-state index contributed by atoms with van der Waals surface area (Å²) < 4.78 is 7.45. The number of ether oxygens (including phenoxy) is 1. The number of halogens is 2. The lowest BCUT2D eigenvalue weighted by molar-refractivity contribution is -0.122. The van der Waals surface area contributed by atoms with Gasteiger partial charge in [0.15, 0.2) is 5.11 Å². The Hall–Kier alpha value is -2.81. The van der Waals surface area contributed by atoms with Crippen LogP contribution in [0.15, 0.2) is 87.3 Å². The molecule has 0 spiro atoms. The summed E-state index contributed by atoms with van der Waals surface area (Å²) in [6.07, 6.45) is 1.54. The molecule has 3 aromatic carbocycles. The van der Waals surface area contributed by atoms with Gasteiger partial charge in [-0.05, 0) is 81.7 Å². The van der Waals surface area contributed by atoms with Gasteiger partial charge in [0.2, 0.25) is 0 Å². The average molecular weight is 572 g/mol. The SMILES string of the molecule is O=C1NC(=S)N(c2ccc(Br)cc2)C(=O)/C1=C/c1ccc(OCc2ccccc2)c(Br)c1. The van der Waals surface area contributed by atoms with Crippen LogP contribution in [-0.4, -0.2) is 16.9 Å². The van der Waals surface area contributed by atoms with Crippen LogP contribution in [0.2, 0.25) is 0 Å². The van der Waals surface area contributed by atoms with Gasteiger partial charge in [0.05, 0.1) is 10.2 Å². The standard InChI is InChI=1S/C24H16Br2N2O3S/c25-17-7-9-18(10-8-17)28-23(30)19(22(29)27-24(28)32)12-16-6-11-21(20(26)13-16)31-14-15-4-2-1-3-5-15/h1-13H,14H2,(H,27,29,32)/b19-12+. The zero-order valence-corrected chi connectivity index (χ0v) is 20.5. The number of amides is 2. The van der Waals surface area contributed by atoms with Gasteiger partial charge in [-0.2, -0.15) is 0 Å². The summed E-state index contributed by atoms with van der Waals surface area (Å²) in [6.45, 7) is 0.431. The number of nitrogens with zero attached hydrogens (tertiary/aromatic N) is 1. The molecule has 1 N–H and O–H groups in total. The van der Waals surface area contributed by atoms with Crippen LogP contribution in [0.4, 0.5) is 5.69 Å². The molecule has 160 valence electrons. The van der Waals surface area contributed by atoms with Gasteiger partial charge in [-0.1, -0.05) is 52.3 Å². The normalized spacial score (nSPS) is 15.1. The molecule has 1 aliphatic rings. The third kappa shape index (κ3) is 4.98. The third-order valence-electron chi connectivity index (χ3n) is 4.69. The van der Waals surface area contributed by atoms with Crippen molar-refractivity contribution in [1.29, 1.82) is 0 Å². The minimum atomic E-state index is -0.533. The first-order chi connectivity index (χ1) is 15.4. The summed E-state index contributed by atoms with van der Waals surface area (Å²) in [6, 6.07) is 22.3. The molecule has 0 aliphatic carbocycles. The number of hydrogen-bond donors (Lipinski definition) is 1. The van der Waals surface area contributed by atoms with E-state index in [-0.39, 0.29) is 10.7 Å². The lowest BCUT2D eigenvalue weighted by Crippen LogP contribution is -2.54.